The molecule has 0 aromatic heterocycles. The predicted octanol–water partition coefficient (Wildman–Crippen LogP) is 0.612. The largest absolute Gasteiger partial charge is 0.479 e. The van der Waals surface area contributed by atoms with E-state index in [-0.39, 0.29) is 6.61 Å². The molecule has 0 fully saturated rings. The topological polar surface area (TPSA) is 113 Å². The monoisotopic (exact) mass is 244 g/mol. The molecule has 0 rings (SSSR count). The molecule has 0 aliphatic heterocycles. The van der Waals surface area contributed by atoms with Crippen molar-refractivity contribution in [2.24, 2.45) is 0 Å². The van der Waals surface area contributed by atoms with Crippen LogP contribution in [0.25, 0.3) is 0 Å². The second kappa shape index (κ2) is 6.92. The molecule has 8 heteroatoms. The SMILES string of the molecule is CC(C)(O)C(=O)O.CCOP(=O)(O)OC. The highest BCUT2D eigenvalue weighted by Crippen LogP contribution is 2.41. The van der Waals surface area contributed by atoms with Crippen LogP contribution in [-0.2, 0) is 18.4 Å². The van der Waals surface area contributed by atoms with Crippen LogP contribution in [0.15, 0.2) is 0 Å². The first-order valence-corrected chi connectivity index (χ1v) is 5.55. The Morgan fingerprint density at radius 2 is 1.80 bits per heavy atom. The van der Waals surface area contributed by atoms with Crippen molar-refractivity contribution in [3.05, 3.63) is 0 Å². The van der Waals surface area contributed by atoms with Crippen LogP contribution in [0.3, 0.4) is 0 Å². The molecule has 0 aliphatic rings. The highest BCUT2D eigenvalue weighted by Gasteiger charge is 2.21. The van der Waals surface area contributed by atoms with Crippen LogP contribution in [0.4, 0.5) is 0 Å². The van der Waals surface area contributed by atoms with E-state index in [1.807, 2.05) is 0 Å². The van der Waals surface area contributed by atoms with Gasteiger partial charge in [0.15, 0.2) is 5.60 Å². The summed E-state index contributed by atoms with van der Waals surface area (Å²) in [6.07, 6.45) is 0. The van der Waals surface area contributed by atoms with Gasteiger partial charge in [0.1, 0.15) is 0 Å². The standard InChI is InChI=1S/C4H8O3.C3H9O4P/c1-4(2,7)3(5)6;1-3-7-8(4,5)6-2/h7H,1-2H3,(H,5,6);3H2,1-2H3,(H,4,5). The van der Waals surface area contributed by atoms with Crippen molar-refractivity contribution in [1.82, 2.24) is 0 Å². The van der Waals surface area contributed by atoms with Gasteiger partial charge in [0, 0.05) is 7.11 Å². The molecule has 0 bridgehead atoms. The van der Waals surface area contributed by atoms with Crippen molar-refractivity contribution >= 4 is 13.8 Å². The molecule has 0 aliphatic carbocycles. The van der Waals surface area contributed by atoms with Crippen molar-refractivity contribution < 1.29 is 33.5 Å². The first-order valence-electron chi connectivity index (χ1n) is 4.05. The molecule has 7 nitrogen and oxygen atoms in total. The van der Waals surface area contributed by atoms with Crippen LogP contribution in [0.1, 0.15) is 20.8 Å². The lowest BCUT2D eigenvalue weighted by atomic mass is 10.1. The van der Waals surface area contributed by atoms with Gasteiger partial charge in [-0.1, -0.05) is 0 Å². The average molecular weight is 244 g/mol. The number of phosphoric acid groups is 1. The second-order valence-electron chi connectivity index (χ2n) is 2.93. The summed E-state index contributed by atoms with van der Waals surface area (Å²) in [5, 5.41) is 16.5. The van der Waals surface area contributed by atoms with Crippen LogP contribution < -0.4 is 0 Å². The minimum Gasteiger partial charge on any atom is -0.479 e. The summed E-state index contributed by atoms with van der Waals surface area (Å²) in [4.78, 5) is 18.2. The van der Waals surface area contributed by atoms with Crippen LogP contribution in [0.5, 0.6) is 0 Å². The lowest BCUT2D eigenvalue weighted by Gasteiger charge is -2.07. The van der Waals surface area contributed by atoms with Gasteiger partial charge < -0.3 is 15.1 Å². The van der Waals surface area contributed by atoms with Crippen LogP contribution >= 0.6 is 7.82 Å². The third-order valence-electron chi connectivity index (χ3n) is 1.05. The first kappa shape index (κ1) is 17.0. The fourth-order valence-electron chi connectivity index (χ4n) is 0.216. The van der Waals surface area contributed by atoms with E-state index in [1.54, 1.807) is 6.92 Å². The summed E-state index contributed by atoms with van der Waals surface area (Å²) < 4.78 is 18.6. The molecule has 0 saturated carbocycles. The van der Waals surface area contributed by atoms with E-state index >= 15 is 0 Å². The quantitative estimate of drug-likeness (QED) is 0.621. The van der Waals surface area contributed by atoms with Gasteiger partial charge in [0.05, 0.1) is 6.61 Å². The van der Waals surface area contributed by atoms with E-state index in [9.17, 15) is 9.36 Å². The van der Waals surface area contributed by atoms with E-state index in [1.165, 1.54) is 13.8 Å². The van der Waals surface area contributed by atoms with Gasteiger partial charge in [-0.15, -0.1) is 0 Å². The highest BCUT2D eigenvalue weighted by atomic mass is 31.2. The third-order valence-corrected chi connectivity index (χ3v) is 2.09. The molecular formula is C7H17O7P. The normalized spacial score (nSPS) is 14.8. The zero-order valence-corrected chi connectivity index (χ0v) is 10.0. The summed E-state index contributed by atoms with van der Waals surface area (Å²) in [6.45, 7) is 4.23. The van der Waals surface area contributed by atoms with Gasteiger partial charge in [-0.3, -0.25) is 9.05 Å². The van der Waals surface area contributed by atoms with Crippen LogP contribution in [0, 0.1) is 0 Å². The van der Waals surface area contributed by atoms with Gasteiger partial charge in [-0.25, -0.2) is 9.36 Å². The Balaban J connectivity index is 0. The number of carboxylic acid groups (broad SMARTS) is 1. The number of carboxylic acids is 1. The zero-order chi connectivity index (χ0) is 12.7. The molecule has 0 aromatic carbocycles. The molecule has 3 N–H and O–H groups in total. The van der Waals surface area contributed by atoms with Crippen molar-refractivity contribution in [3.8, 4) is 0 Å². The first-order chi connectivity index (χ1) is 6.56. The molecule has 0 saturated heterocycles. The van der Waals surface area contributed by atoms with E-state index in [2.05, 4.69) is 9.05 Å². The number of phosphoric ester groups is 1. The fraction of sp³-hybridized carbons (Fsp3) is 0.857. The van der Waals surface area contributed by atoms with Gasteiger partial charge in [-0.2, -0.15) is 0 Å². The van der Waals surface area contributed by atoms with Crippen molar-refractivity contribution in [2.75, 3.05) is 13.7 Å². The molecule has 1 unspecified atom stereocenters. The Kier molecular flexibility index (Phi) is 7.82. The Morgan fingerprint density at radius 1 is 1.47 bits per heavy atom. The molecule has 0 aromatic rings. The fourth-order valence-corrected chi connectivity index (χ4v) is 0.648. The number of hydrogen-bond donors (Lipinski definition) is 3. The molecule has 1 atom stereocenters. The molecule has 92 valence electrons. The van der Waals surface area contributed by atoms with Gasteiger partial charge in [0.2, 0.25) is 0 Å². The summed E-state index contributed by atoms with van der Waals surface area (Å²) in [7, 11) is -2.55. The van der Waals surface area contributed by atoms with E-state index in [0.717, 1.165) is 7.11 Å². The third kappa shape index (κ3) is 11.5. The number of aliphatic carboxylic acids is 1. The summed E-state index contributed by atoms with van der Waals surface area (Å²) >= 11 is 0. The molecular weight excluding hydrogens is 227 g/mol. The van der Waals surface area contributed by atoms with Crippen molar-refractivity contribution in [1.29, 1.82) is 0 Å². The Labute approximate surface area is 88.3 Å². The van der Waals surface area contributed by atoms with E-state index < -0.39 is 19.4 Å². The maximum absolute atomic E-state index is 10.3. The Morgan fingerprint density at radius 3 is 1.87 bits per heavy atom. The smallest absolute Gasteiger partial charge is 0.471 e. The minimum atomic E-state index is -3.67. The molecule has 0 amide bonds. The Bertz CT molecular complexity index is 232. The summed E-state index contributed by atoms with van der Waals surface area (Å²) in [6, 6.07) is 0. The lowest BCUT2D eigenvalue weighted by Crippen LogP contribution is -2.30. The van der Waals surface area contributed by atoms with Crippen LogP contribution in [-0.4, -0.2) is 40.4 Å². The molecule has 0 heterocycles. The predicted molar refractivity (Wildman–Crippen MR) is 52.4 cm³/mol. The lowest BCUT2D eigenvalue weighted by molar-refractivity contribution is -0.154. The number of hydrogen-bond acceptors (Lipinski definition) is 5. The zero-order valence-electron chi connectivity index (χ0n) is 9.13. The van der Waals surface area contributed by atoms with Crippen LogP contribution in [0.2, 0.25) is 0 Å². The number of rotatable bonds is 4. The number of carbonyl (C=O) groups is 1. The number of aliphatic hydroxyl groups is 1. The second-order valence-corrected chi connectivity index (χ2v) is 4.49. The van der Waals surface area contributed by atoms with E-state index in [4.69, 9.17) is 15.1 Å². The van der Waals surface area contributed by atoms with Gasteiger partial charge in [-0.05, 0) is 20.8 Å². The average Bonchev–Trinajstić information content (AvgIpc) is 2.03. The van der Waals surface area contributed by atoms with Gasteiger partial charge in [0.25, 0.3) is 0 Å². The summed E-state index contributed by atoms with van der Waals surface area (Å²) in [5.74, 6) is -1.20. The van der Waals surface area contributed by atoms with Crippen molar-refractivity contribution in [2.45, 2.75) is 26.4 Å². The molecule has 15 heavy (non-hydrogen) atoms. The maximum Gasteiger partial charge on any atom is 0.471 e. The van der Waals surface area contributed by atoms with Gasteiger partial charge >= 0.3 is 13.8 Å². The van der Waals surface area contributed by atoms with Crippen molar-refractivity contribution in [3.63, 3.8) is 0 Å². The maximum atomic E-state index is 10.3. The molecule has 0 spiro atoms. The van der Waals surface area contributed by atoms with E-state index in [0.29, 0.717) is 0 Å². The summed E-state index contributed by atoms with van der Waals surface area (Å²) in [5.41, 5.74) is -1.58. The highest BCUT2D eigenvalue weighted by molar-refractivity contribution is 7.47. The Hall–Kier alpha value is -0.460. The molecule has 0 radical (unpaired) electrons. The minimum absolute atomic E-state index is 0.182.